The third kappa shape index (κ3) is 5.96. The lowest BCUT2D eigenvalue weighted by atomic mass is 9.83. The first kappa shape index (κ1) is 25.7. The Bertz CT molecular complexity index is 1230. The van der Waals surface area contributed by atoms with Crippen LogP contribution in [-0.2, 0) is 11.3 Å². The van der Waals surface area contributed by atoms with Gasteiger partial charge >= 0.3 is 6.09 Å². The van der Waals surface area contributed by atoms with Crippen LogP contribution in [0, 0.1) is 23.4 Å². The Morgan fingerprint density at radius 2 is 1.59 bits per heavy atom. The summed E-state index contributed by atoms with van der Waals surface area (Å²) in [6.07, 6.45) is 1.04. The first-order valence-electron chi connectivity index (χ1n) is 12.6. The number of rotatable bonds is 8. The first-order chi connectivity index (χ1) is 17.9. The number of benzene rings is 3. The minimum Gasteiger partial charge on any atom is -0.440 e. The summed E-state index contributed by atoms with van der Waals surface area (Å²) in [4.78, 5) is 15.4. The van der Waals surface area contributed by atoms with E-state index in [0.29, 0.717) is 17.0 Å². The van der Waals surface area contributed by atoms with Gasteiger partial charge in [0, 0.05) is 29.4 Å². The molecule has 8 heteroatoms. The van der Waals surface area contributed by atoms with Crippen LogP contribution in [0.25, 0.3) is 0 Å². The predicted molar refractivity (Wildman–Crippen MR) is 139 cm³/mol. The Hall–Kier alpha value is -2.97. The van der Waals surface area contributed by atoms with E-state index in [-0.39, 0.29) is 35.9 Å². The monoisotopic (exact) mass is 527 g/mol. The van der Waals surface area contributed by atoms with Gasteiger partial charge in [-0.05, 0) is 42.0 Å². The number of anilines is 1. The molecule has 3 aliphatic rings. The van der Waals surface area contributed by atoms with Crippen molar-refractivity contribution >= 4 is 23.5 Å². The standard InChI is InChI=1S/C29H30F3N2O2S/c30-23-11-9-21(10-12-23)19-33(26-7-3-1-5-24(26)31)29(35)36-27-20-34(15-13-22(27)14-16-34)17-18-37-28-8-4-2-6-25(28)32/h1-12,22,27H,13-20H2/q+1/t22?,27-,34?/m0/s1. The SMILES string of the molecule is O=C(O[C@H]1C[N+]2(CCSc3ccccc3F)CCC1CC2)N(Cc1ccc(F)cc1)c1ccccc1F. The molecule has 3 heterocycles. The molecule has 0 spiro atoms. The molecule has 194 valence electrons. The molecule has 0 unspecified atom stereocenters. The number of thioether (sulfide) groups is 1. The van der Waals surface area contributed by atoms with Crippen molar-refractivity contribution < 1.29 is 27.2 Å². The zero-order valence-corrected chi connectivity index (χ0v) is 21.3. The number of fused-ring (bicyclic) bond motifs is 3. The van der Waals surface area contributed by atoms with Crippen LogP contribution in [0.1, 0.15) is 18.4 Å². The number of amides is 1. The van der Waals surface area contributed by atoms with Crippen LogP contribution in [-0.4, -0.2) is 48.6 Å². The minimum absolute atomic E-state index is 0.0662. The van der Waals surface area contributed by atoms with Gasteiger partial charge < -0.3 is 9.22 Å². The molecule has 3 aliphatic heterocycles. The van der Waals surface area contributed by atoms with Crippen molar-refractivity contribution in [3.8, 4) is 0 Å². The molecule has 0 aliphatic carbocycles. The fourth-order valence-electron chi connectivity index (χ4n) is 5.46. The van der Waals surface area contributed by atoms with Gasteiger partial charge in [0.25, 0.3) is 0 Å². The molecule has 6 rings (SSSR count). The van der Waals surface area contributed by atoms with E-state index < -0.39 is 11.9 Å². The molecule has 3 aromatic rings. The summed E-state index contributed by atoms with van der Waals surface area (Å²) in [6, 6.07) is 18.7. The third-order valence-electron chi connectivity index (χ3n) is 7.57. The molecule has 37 heavy (non-hydrogen) atoms. The van der Waals surface area contributed by atoms with E-state index in [9.17, 15) is 18.0 Å². The van der Waals surface area contributed by atoms with Crippen LogP contribution in [0.3, 0.4) is 0 Å². The van der Waals surface area contributed by atoms with Gasteiger partial charge in [-0.15, -0.1) is 11.8 Å². The molecule has 0 saturated carbocycles. The molecule has 0 radical (unpaired) electrons. The number of piperidine rings is 3. The number of para-hydroxylation sites is 1. The van der Waals surface area contributed by atoms with E-state index in [1.165, 1.54) is 40.9 Å². The van der Waals surface area contributed by atoms with Gasteiger partial charge in [0.2, 0.25) is 0 Å². The number of quaternary nitrogens is 1. The average Bonchev–Trinajstić information content (AvgIpc) is 2.90. The Balaban J connectivity index is 1.28. The third-order valence-corrected chi connectivity index (χ3v) is 8.60. The Morgan fingerprint density at radius 1 is 0.919 bits per heavy atom. The molecule has 1 amide bonds. The molecular formula is C29H30F3N2O2S+. The lowest BCUT2D eigenvalue weighted by Gasteiger charge is -2.52. The second-order valence-corrected chi connectivity index (χ2v) is 11.0. The van der Waals surface area contributed by atoms with Crippen molar-refractivity contribution in [2.75, 3.05) is 36.8 Å². The maximum atomic E-state index is 14.7. The largest absolute Gasteiger partial charge is 0.440 e. The predicted octanol–water partition coefficient (Wildman–Crippen LogP) is 6.65. The molecule has 0 N–H and O–H groups in total. The van der Waals surface area contributed by atoms with Gasteiger partial charge in [0.1, 0.15) is 24.0 Å². The molecule has 2 bridgehead atoms. The van der Waals surface area contributed by atoms with Crippen LogP contribution >= 0.6 is 11.8 Å². The summed E-state index contributed by atoms with van der Waals surface area (Å²) >= 11 is 1.52. The summed E-state index contributed by atoms with van der Waals surface area (Å²) in [5.74, 6) is -0.0528. The van der Waals surface area contributed by atoms with Crippen molar-refractivity contribution in [2.24, 2.45) is 5.92 Å². The fourth-order valence-corrected chi connectivity index (χ4v) is 6.54. The van der Waals surface area contributed by atoms with E-state index >= 15 is 0 Å². The van der Waals surface area contributed by atoms with Gasteiger partial charge in [-0.25, -0.2) is 18.0 Å². The Kier molecular flexibility index (Phi) is 7.76. The molecule has 0 aromatic heterocycles. The topological polar surface area (TPSA) is 29.5 Å². The number of halogens is 3. The highest BCUT2D eigenvalue weighted by Crippen LogP contribution is 2.37. The normalized spacial score (nSPS) is 22.6. The molecule has 1 atom stereocenters. The quantitative estimate of drug-likeness (QED) is 0.243. The summed E-state index contributed by atoms with van der Waals surface area (Å²) in [5, 5.41) is 0. The number of hydrogen-bond donors (Lipinski definition) is 0. The molecule has 3 fully saturated rings. The van der Waals surface area contributed by atoms with Crippen molar-refractivity contribution in [1.82, 2.24) is 0 Å². The Labute approximate surface area is 219 Å². The van der Waals surface area contributed by atoms with Crippen molar-refractivity contribution in [1.29, 1.82) is 0 Å². The maximum Gasteiger partial charge on any atom is 0.415 e. The number of ether oxygens (including phenoxy) is 1. The van der Waals surface area contributed by atoms with Crippen molar-refractivity contribution in [3.05, 3.63) is 95.8 Å². The molecule has 3 aromatic carbocycles. The fraction of sp³-hybridized carbons (Fsp3) is 0.345. The summed E-state index contributed by atoms with van der Waals surface area (Å²) in [5.41, 5.74) is 0.799. The van der Waals surface area contributed by atoms with Crippen molar-refractivity contribution in [2.45, 2.75) is 30.4 Å². The zero-order valence-electron chi connectivity index (χ0n) is 20.5. The Morgan fingerprint density at radius 3 is 2.30 bits per heavy atom. The molecule has 4 nitrogen and oxygen atoms in total. The summed E-state index contributed by atoms with van der Waals surface area (Å²) in [7, 11) is 0. The van der Waals surface area contributed by atoms with Crippen molar-refractivity contribution in [3.63, 3.8) is 0 Å². The van der Waals surface area contributed by atoms with E-state index in [0.717, 1.165) is 42.7 Å². The van der Waals surface area contributed by atoms with E-state index in [1.807, 2.05) is 6.07 Å². The van der Waals surface area contributed by atoms with Crippen LogP contribution in [0.2, 0.25) is 0 Å². The number of carbonyl (C=O) groups is 1. The summed E-state index contributed by atoms with van der Waals surface area (Å²) in [6.45, 7) is 3.67. The number of nitrogens with zero attached hydrogens (tertiary/aromatic N) is 2. The van der Waals surface area contributed by atoms with Gasteiger partial charge in [-0.1, -0.05) is 36.4 Å². The van der Waals surface area contributed by atoms with Crippen LogP contribution in [0.5, 0.6) is 0 Å². The van der Waals surface area contributed by atoms with Crippen LogP contribution in [0.15, 0.2) is 77.7 Å². The molecule has 3 saturated heterocycles. The minimum atomic E-state index is -0.605. The highest BCUT2D eigenvalue weighted by atomic mass is 32.2. The van der Waals surface area contributed by atoms with Gasteiger partial charge in [-0.3, -0.25) is 4.90 Å². The van der Waals surface area contributed by atoms with Crippen LogP contribution < -0.4 is 4.90 Å². The number of carbonyl (C=O) groups excluding carboxylic acids is 1. The smallest absolute Gasteiger partial charge is 0.415 e. The highest BCUT2D eigenvalue weighted by molar-refractivity contribution is 7.99. The lowest BCUT2D eigenvalue weighted by molar-refractivity contribution is -0.943. The van der Waals surface area contributed by atoms with E-state index in [1.54, 1.807) is 42.5 Å². The highest BCUT2D eigenvalue weighted by Gasteiger charge is 2.47. The summed E-state index contributed by atoms with van der Waals surface area (Å²) < 4.78 is 49.1. The van der Waals surface area contributed by atoms with Gasteiger partial charge in [0.05, 0.1) is 31.9 Å². The first-order valence-corrected chi connectivity index (χ1v) is 13.6. The lowest BCUT2D eigenvalue weighted by Crippen LogP contribution is -2.65. The van der Waals surface area contributed by atoms with Crippen LogP contribution in [0.4, 0.5) is 23.7 Å². The second kappa shape index (κ2) is 11.2. The van der Waals surface area contributed by atoms with Gasteiger partial charge in [0.15, 0.2) is 6.10 Å². The maximum absolute atomic E-state index is 14.7. The van der Waals surface area contributed by atoms with E-state index in [4.69, 9.17) is 4.74 Å². The number of hydrogen-bond acceptors (Lipinski definition) is 3. The molecular weight excluding hydrogens is 497 g/mol. The second-order valence-electron chi connectivity index (χ2n) is 9.90. The average molecular weight is 528 g/mol. The van der Waals surface area contributed by atoms with E-state index in [2.05, 4.69) is 0 Å². The zero-order chi connectivity index (χ0) is 25.8. The van der Waals surface area contributed by atoms with Gasteiger partial charge in [-0.2, -0.15) is 0 Å².